The molecule has 11 nitrogen and oxygen atoms in total. The minimum absolute atomic E-state index is 0.0249. The zero-order valence-corrected chi connectivity index (χ0v) is 24.4. The fraction of sp³-hybridized carbons (Fsp3) is 0.370. The molecular formula is C27H34N6O5Si. The number of nitrogens with zero attached hydrogens (tertiary/aromatic N) is 5. The number of carbonyl (C=O) groups excluding carboxylic acids is 1. The van der Waals surface area contributed by atoms with Crippen molar-refractivity contribution in [2.75, 3.05) is 19.5 Å². The van der Waals surface area contributed by atoms with E-state index in [1.54, 1.807) is 38.7 Å². The molecule has 4 rings (SSSR count). The predicted octanol–water partition coefficient (Wildman–Crippen LogP) is 4.76. The van der Waals surface area contributed by atoms with E-state index in [0.717, 1.165) is 5.56 Å². The molecule has 3 heterocycles. The molecule has 12 heteroatoms. The summed E-state index contributed by atoms with van der Waals surface area (Å²) < 4.78 is 24.5. The maximum atomic E-state index is 12.8. The van der Waals surface area contributed by atoms with Gasteiger partial charge in [0.2, 0.25) is 11.8 Å². The molecular weight excluding hydrogens is 516 g/mol. The van der Waals surface area contributed by atoms with Gasteiger partial charge >= 0.3 is 0 Å². The van der Waals surface area contributed by atoms with Crippen LogP contribution in [0, 0.1) is 5.41 Å². The zero-order valence-electron chi connectivity index (χ0n) is 23.3. The van der Waals surface area contributed by atoms with Crippen LogP contribution in [-0.4, -0.2) is 53.9 Å². The third kappa shape index (κ3) is 6.89. The number of ether oxygens (including phenoxy) is 3. The summed E-state index contributed by atoms with van der Waals surface area (Å²) >= 11 is 0. The molecule has 39 heavy (non-hydrogen) atoms. The zero-order chi connectivity index (χ0) is 28.2. The Morgan fingerprint density at radius 1 is 1.08 bits per heavy atom. The summed E-state index contributed by atoms with van der Waals surface area (Å²) in [5.74, 6) is 2.01. The van der Waals surface area contributed by atoms with Crippen LogP contribution in [0.25, 0.3) is 10.9 Å². The predicted molar refractivity (Wildman–Crippen MR) is 150 cm³/mol. The SMILES string of the molecule is COc1cc2ncnc(Oc3cnn(CC(=O)Nc4cc(C(O[SiH](C)C)C(C)(C)C)ccn4)c3)c2cc1OC. The van der Waals surface area contributed by atoms with Gasteiger partial charge in [0.05, 0.1) is 43.6 Å². The third-order valence-corrected chi connectivity index (χ3v) is 6.60. The van der Waals surface area contributed by atoms with E-state index in [4.69, 9.17) is 18.6 Å². The molecule has 206 valence electrons. The van der Waals surface area contributed by atoms with Crippen LogP contribution in [0.1, 0.15) is 32.4 Å². The van der Waals surface area contributed by atoms with Gasteiger partial charge in [0.1, 0.15) is 18.7 Å². The van der Waals surface area contributed by atoms with E-state index in [9.17, 15) is 4.79 Å². The van der Waals surface area contributed by atoms with Crippen LogP contribution in [-0.2, 0) is 15.8 Å². The van der Waals surface area contributed by atoms with Crippen molar-refractivity contribution >= 4 is 31.7 Å². The monoisotopic (exact) mass is 550 g/mol. The highest BCUT2D eigenvalue weighted by Gasteiger charge is 2.28. The number of anilines is 1. The van der Waals surface area contributed by atoms with E-state index in [1.165, 1.54) is 17.2 Å². The summed E-state index contributed by atoms with van der Waals surface area (Å²) in [4.78, 5) is 25.6. The van der Waals surface area contributed by atoms with Gasteiger partial charge in [-0.3, -0.25) is 9.48 Å². The van der Waals surface area contributed by atoms with E-state index >= 15 is 0 Å². The van der Waals surface area contributed by atoms with Crippen LogP contribution < -0.4 is 19.5 Å². The first-order valence-corrected chi connectivity index (χ1v) is 15.3. The molecule has 0 saturated heterocycles. The van der Waals surface area contributed by atoms with Crippen molar-refractivity contribution in [3.63, 3.8) is 0 Å². The second-order valence-corrected chi connectivity index (χ2v) is 12.7. The first-order chi connectivity index (χ1) is 18.6. The van der Waals surface area contributed by atoms with Gasteiger partial charge in [-0.15, -0.1) is 0 Å². The van der Waals surface area contributed by atoms with E-state index < -0.39 is 9.04 Å². The summed E-state index contributed by atoms with van der Waals surface area (Å²) in [6.45, 7) is 10.7. The smallest absolute Gasteiger partial charge is 0.247 e. The molecule has 0 spiro atoms. The molecule has 0 radical (unpaired) electrons. The Morgan fingerprint density at radius 2 is 1.82 bits per heavy atom. The third-order valence-electron chi connectivity index (χ3n) is 5.78. The largest absolute Gasteiger partial charge is 0.493 e. The highest BCUT2D eigenvalue weighted by atomic mass is 28.3. The number of pyridine rings is 1. The molecule has 1 N–H and O–H groups in total. The molecule has 0 saturated carbocycles. The summed E-state index contributed by atoms with van der Waals surface area (Å²) in [5.41, 5.74) is 1.52. The van der Waals surface area contributed by atoms with Crippen molar-refractivity contribution in [2.45, 2.75) is 46.5 Å². The average Bonchev–Trinajstić information content (AvgIpc) is 3.32. The molecule has 1 atom stereocenters. The van der Waals surface area contributed by atoms with Gasteiger partial charge in [-0.2, -0.15) is 5.10 Å². The topological polar surface area (TPSA) is 123 Å². The van der Waals surface area contributed by atoms with Crippen LogP contribution >= 0.6 is 0 Å². The molecule has 0 aliphatic carbocycles. The van der Waals surface area contributed by atoms with Gasteiger partial charge in [0.25, 0.3) is 0 Å². The fourth-order valence-electron chi connectivity index (χ4n) is 4.10. The summed E-state index contributed by atoms with van der Waals surface area (Å²) in [7, 11) is 1.83. The van der Waals surface area contributed by atoms with Gasteiger partial charge in [0.15, 0.2) is 26.3 Å². The Balaban J connectivity index is 1.45. The number of amides is 1. The minimum Gasteiger partial charge on any atom is -0.493 e. The van der Waals surface area contributed by atoms with Crippen molar-refractivity contribution < 1.29 is 23.4 Å². The Hall–Kier alpha value is -4.03. The lowest BCUT2D eigenvalue weighted by atomic mass is 9.85. The van der Waals surface area contributed by atoms with Crippen molar-refractivity contribution in [1.82, 2.24) is 24.7 Å². The first kappa shape index (κ1) is 28.0. The van der Waals surface area contributed by atoms with Gasteiger partial charge in [-0.25, -0.2) is 15.0 Å². The molecule has 0 aliphatic rings. The van der Waals surface area contributed by atoms with Gasteiger partial charge in [-0.1, -0.05) is 20.8 Å². The second kappa shape index (κ2) is 11.8. The number of aromatic nitrogens is 5. The number of methoxy groups -OCH3 is 2. The molecule has 0 fully saturated rings. The normalized spacial score (nSPS) is 12.4. The Bertz CT molecular complexity index is 1450. The number of hydrogen-bond donors (Lipinski definition) is 1. The highest BCUT2D eigenvalue weighted by Crippen LogP contribution is 2.37. The van der Waals surface area contributed by atoms with Crippen LogP contribution in [0.4, 0.5) is 5.82 Å². The maximum absolute atomic E-state index is 12.8. The Kier molecular flexibility index (Phi) is 8.46. The molecule has 1 aromatic carbocycles. The highest BCUT2D eigenvalue weighted by molar-refractivity contribution is 6.48. The molecule has 3 aromatic heterocycles. The van der Waals surface area contributed by atoms with Gasteiger partial charge in [0, 0.05) is 12.3 Å². The van der Waals surface area contributed by atoms with E-state index in [2.05, 4.69) is 59.2 Å². The quantitative estimate of drug-likeness (QED) is 0.279. The fourth-order valence-corrected chi connectivity index (χ4v) is 5.21. The molecule has 1 unspecified atom stereocenters. The first-order valence-electron chi connectivity index (χ1n) is 12.6. The molecule has 0 aliphatic heterocycles. The Labute approximate surface area is 229 Å². The van der Waals surface area contributed by atoms with Crippen molar-refractivity contribution in [2.24, 2.45) is 5.41 Å². The van der Waals surface area contributed by atoms with Crippen LogP contribution in [0.3, 0.4) is 0 Å². The number of nitrogens with one attached hydrogen (secondary N) is 1. The maximum Gasteiger partial charge on any atom is 0.247 e. The minimum atomic E-state index is -1.29. The standard InChI is InChI=1S/C27H34N6O5Si/c1-27(2,3)25(38-39(6)7)17-8-9-28-23(10-17)32-24(34)15-33-14-18(13-31-33)37-26-19-11-21(35-4)22(36-5)12-20(19)29-16-30-26/h8-14,16,25,39H,15H2,1-7H3,(H,28,32,34). The summed E-state index contributed by atoms with van der Waals surface area (Å²) in [6.07, 6.45) is 6.14. The molecule has 0 bridgehead atoms. The Morgan fingerprint density at radius 3 is 2.51 bits per heavy atom. The number of fused-ring (bicyclic) bond motifs is 1. The van der Waals surface area contributed by atoms with Crippen LogP contribution in [0.15, 0.2) is 49.2 Å². The molecule has 1 amide bonds. The summed E-state index contributed by atoms with van der Waals surface area (Å²) in [5, 5.41) is 7.75. The van der Waals surface area contributed by atoms with E-state index in [-0.39, 0.29) is 24.0 Å². The van der Waals surface area contributed by atoms with Crippen molar-refractivity contribution in [3.8, 4) is 23.1 Å². The lowest BCUT2D eigenvalue weighted by Gasteiger charge is -2.33. The number of hydrogen-bond acceptors (Lipinski definition) is 9. The number of rotatable bonds is 10. The van der Waals surface area contributed by atoms with E-state index in [1.807, 2.05) is 12.1 Å². The average molecular weight is 551 g/mol. The van der Waals surface area contributed by atoms with Gasteiger partial charge in [-0.05, 0) is 42.3 Å². The second-order valence-electron chi connectivity index (χ2n) is 10.3. The van der Waals surface area contributed by atoms with Crippen molar-refractivity contribution in [1.29, 1.82) is 0 Å². The van der Waals surface area contributed by atoms with Crippen LogP contribution in [0.2, 0.25) is 13.1 Å². The number of benzene rings is 1. The summed E-state index contributed by atoms with van der Waals surface area (Å²) in [6, 6.07) is 7.30. The van der Waals surface area contributed by atoms with Crippen molar-refractivity contribution in [3.05, 3.63) is 54.7 Å². The number of carbonyl (C=O) groups is 1. The van der Waals surface area contributed by atoms with E-state index in [0.29, 0.717) is 39.8 Å². The molecule has 4 aromatic rings. The lowest BCUT2D eigenvalue weighted by molar-refractivity contribution is -0.116. The van der Waals surface area contributed by atoms with Gasteiger partial charge < -0.3 is 24.0 Å². The van der Waals surface area contributed by atoms with Crippen LogP contribution in [0.5, 0.6) is 23.1 Å². The lowest BCUT2D eigenvalue weighted by Crippen LogP contribution is -2.26.